The van der Waals surface area contributed by atoms with Gasteiger partial charge in [0.05, 0.1) is 11.8 Å². The predicted molar refractivity (Wildman–Crippen MR) is 73.9 cm³/mol. The predicted octanol–water partition coefficient (Wildman–Crippen LogP) is 3.64. The summed E-state index contributed by atoms with van der Waals surface area (Å²) in [6, 6.07) is 3.91. The molecule has 1 rings (SSSR count). The highest BCUT2D eigenvalue weighted by Gasteiger charge is 2.10. The number of ether oxygens (including phenoxy) is 1. The molecule has 0 heterocycles. The Morgan fingerprint density at radius 2 is 2.12 bits per heavy atom. The summed E-state index contributed by atoms with van der Waals surface area (Å²) in [5, 5.41) is 3.56. The Morgan fingerprint density at radius 3 is 2.59 bits per heavy atom. The van der Waals surface area contributed by atoms with Gasteiger partial charge >= 0.3 is 0 Å². The molecule has 0 aliphatic carbocycles. The van der Waals surface area contributed by atoms with Crippen LogP contribution in [0.3, 0.4) is 0 Å². The second-order valence-electron chi connectivity index (χ2n) is 4.26. The van der Waals surface area contributed by atoms with Crippen molar-refractivity contribution in [2.24, 2.45) is 0 Å². The summed E-state index contributed by atoms with van der Waals surface area (Å²) in [6.07, 6.45) is 0.0772. The number of alkyl halides is 1. The van der Waals surface area contributed by atoms with Gasteiger partial charge < -0.3 is 10.1 Å². The van der Waals surface area contributed by atoms with Crippen LogP contribution in [-0.4, -0.2) is 12.0 Å². The molecule has 0 saturated carbocycles. The molecule has 0 atom stereocenters. The first-order chi connectivity index (χ1) is 7.93. The summed E-state index contributed by atoms with van der Waals surface area (Å²) >= 11 is 3.44. The van der Waals surface area contributed by atoms with E-state index in [0.717, 1.165) is 27.9 Å². The molecule has 0 radical (unpaired) electrons. The van der Waals surface area contributed by atoms with E-state index in [1.807, 2.05) is 32.9 Å². The van der Waals surface area contributed by atoms with Crippen LogP contribution in [-0.2, 0) is 10.1 Å². The van der Waals surface area contributed by atoms with Crippen LogP contribution in [0, 0.1) is 6.92 Å². The van der Waals surface area contributed by atoms with Gasteiger partial charge in [0.15, 0.2) is 0 Å². The third kappa shape index (κ3) is 4.04. The lowest BCUT2D eigenvalue weighted by Crippen LogP contribution is -2.12. The fraction of sp³-hybridized carbons (Fsp3) is 0.462. The number of halogens is 1. The van der Waals surface area contributed by atoms with Crippen molar-refractivity contribution in [3.05, 3.63) is 23.3 Å². The fourth-order valence-electron chi connectivity index (χ4n) is 1.51. The van der Waals surface area contributed by atoms with Crippen LogP contribution in [0.1, 0.15) is 31.9 Å². The van der Waals surface area contributed by atoms with Crippen molar-refractivity contribution in [3.63, 3.8) is 0 Å². The number of hydrogen-bond donors (Lipinski definition) is 1. The molecule has 3 nitrogen and oxygen atoms in total. The number of hydrogen-bond acceptors (Lipinski definition) is 2. The molecule has 0 bridgehead atoms. The van der Waals surface area contributed by atoms with Gasteiger partial charge in [0.1, 0.15) is 5.75 Å². The monoisotopic (exact) mass is 299 g/mol. The minimum atomic E-state index is -0.0930. The average molecular weight is 300 g/mol. The van der Waals surface area contributed by atoms with Crippen LogP contribution in [0.2, 0.25) is 0 Å². The summed E-state index contributed by atoms with van der Waals surface area (Å²) in [5.74, 6) is 0.625. The van der Waals surface area contributed by atoms with Gasteiger partial charge in [-0.05, 0) is 44.0 Å². The summed E-state index contributed by atoms with van der Waals surface area (Å²) in [5.41, 5.74) is 3.02. The molecular formula is C13H18BrNO2. The Hall–Kier alpha value is -1.03. The van der Waals surface area contributed by atoms with Gasteiger partial charge in [-0.3, -0.25) is 4.79 Å². The van der Waals surface area contributed by atoms with Crippen molar-refractivity contribution in [1.82, 2.24) is 0 Å². The molecule has 0 aliphatic rings. The van der Waals surface area contributed by atoms with Crippen LogP contribution in [0.15, 0.2) is 12.1 Å². The highest BCUT2D eigenvalue weighted by Crippen LogP contribution is 2.30. The first-order valence-electron chi connectivity index (χ1n) is 5.57. The van der Waals surface area contributed by atoms with Gasteiger partial charge in [0.2, 0.25) is 5.91 Å². The summed E-state index contributed by atoms with van der Waals surface area (Å²) in [6.45, 7) is 7.43. The Balaban J connectivity index is 3.15. The molecule has 17 heavy (non-hydrogen) atoms. The van der Waals surface area contributed by atoms with Crippen LogP contribution in [0.4, 0.5) is 5.69 Å². The number of carbonyl (C=O) groups is 1. The number of benzene rings is 1. The molecule has 1 amide bonds. The van der Waals surface area contributed by atoms with E-state index in [4.69, 9.17) is 4.74 Å². The maximum Gasteiger partial charge on any atom is 0.221 e. The maximum atomic E-state index is 11.1. The normalized spacial score (nSPS) is 10.5. The van der Waals surface area contributed by atoms with E-state index >= 15 is 0 Å². The molecule has 0 fully saturated rings. The zero-order valence-corrected chi connectivity index (χ0v) is 12.2. The Labute approximate surface area is 111 Å². The van der Waals surface area contributed by atoms with Gasteiger partial charge in [0, 0.05) is 12.3 Å². The second kappa shape index (κ2) is 6.05. The van der Waals surface area contributed by atoms with Gasteiger partial charge in [0.25, 0.3) is 0 Å². The molecule has 0 spiro atoms. The molecular weight excluding hydrogens is 282 g/mol. The van der Waals surface area contributed by atoms with Crippen LogP contribution >= 0.6 is 15.9 Å². The average Bonchev–Trinajstić information content (AvgIpc) is 2.20. The Kier molecular flexibility index (Phi) is 5.00. The minimum absolute atomic E-state index is 0.0772. The molecule has 0 aromatic heterocycles. The minimum Gasteiger partial charge on any atom is -0.489 e. The van der Waals surface area contributed by atoms with E-state index in [1.165, 1.54) is 6.92 Å². The SMILES string of the molecule is CC(=O)Nc1cc(C)c(CBr)cc1OC(C)C. The van der Waals surface area contributed by atoms with E-state index < -0.39 is 0 Å². The third-order valence-electron chi connectivity index (χ3n) is 2.26. The molecule has 0 unspecified atom stereocenters. The molecule has 0 saturated heterocycles. The highest BCUT2D eigenvalue weighted by molar-refractivity contribution is 9.08. The van der Waals surface area contributed by atoms with Gasteiger partial charge in [-0.25, -0.2) is 0 Å². The Bertz CT molecular complexity index is 416. The summed E-state index contributed by atoms with van der Waals surface area (Å²) in [4.78, 5) is 11.1. The van der Waals surface area contributed by atoms with E-state index in [1.54, 1.807) is 0 Å². The number of amides is 1. The standard InChI is InChI=1S/C13H18BrNO2/c1-8(2)17-13-6-11(7-14)9(3)5-12(13)15-10(4)16/h5-6,8H,7H2,1-4H3,(H,15,16). The number of aryl methyl sites for hydroxylation is 1. The lowest BCUT2D eigenvalue weighted by Gasteiger charge is -2.17. The first kappa shape index (κ1) is 14.0. The molecule has 1 aromatic rings. The highest BCUT2D eigenvalue weighted by atomic mass is 79.9. The van der Waals surface area contributed by atoms with Crippen LogP contribution < -0.4 is 10.1 Å². The van der Waals surface area contributed by atoms with E-state index in [9.17, 15) is 4.79 Å². The number of rotatable bonds is 4. The van der Waals surface area contributed by atoms with Gasteiger partial charge in [-0.15, -0.1) is 0 Å². The largest absolute Gasteiger partial charge is 0.489 e. The van der Waals surface area contributed by atoms with Crippen molar-refractivity contribution in [2.75, 3.05) is 5.32 Å². The van der Waals surface area contributed by atoms with Crippen molar-refractivity contribution >= 4 is 27.5 Å². The zero-order valence-electron chi connectivity index (χ0n) is 10.6. The van der Waals surface area contributed by atoms with Gasteiger partial charge in [-0.1, -0.05) is 15.9 Å². The number of nitrogens with one attached hydrogen (secondary N) is 1. The van der Waals surface area contributed by atoms with Crippen molar-refractivity contribution < 1.29 is 9.53 Å². The molecule has 4 heteroatoms. The molecule has 0 aliphatic heterocycles. The number of carbonyl (C=O) groups excluding carboxylic acids is 1. The smallest absolute Gasteiger partial charge is 0.221 e. The van der Waals surface area contributed by atoms with Crippen molar-refractivity contribution in [2.45, 2.75) is 39.1 Å². The van der Waals surface area contributed by atoms with E-state index in [0.29, 0.717) is 0 Å². The molecule has 94 valence electrons. The van der Waals surface area contributed by atoms with Crippen LogP contribution in [0.25, 0.3) is 0 Å². The zero-order chi connectivity index (χ0) is 13.0. The first-order valence-corrected chi connectivity index (χ1v) is 6.70. The lowest BCUT2D eigenvalue weighted by molar-refractivity contribution is -0.114. The van der Waals surface area contributed by atoms with Gasteiger partial charge in [-0.2, -0.15) is 0 Å². The van der Waals surface area contributed by atoms with E-state index in [-0.39, 0.29) is 12.0 Å². The summed E-state index contributed by atoms with van der Waals surface area (Å²) < 4.78 is 5.71. The summed E-state index contributed by atoms with van der Waals surface area (Å²) in [7, 11) is 0. The second-order valence-corrected chi connectivity index (χ2v) is 4.82. The lowest BCUT2D eigenvalue weighted by atomic mass is 10.1. The number of anilines is 1. The topological polar surface area (TPSA) is 38.3 Å². The van der Waals surface area contributed by atoms with E-state index in [2.05, 4.69) is 21.2 Å². The fourth-order valence-corrected chi connectivity index (χ4v) is 2.12. The Morgan fingerprint density at radius 1 is 1.47 bits per heavy atom. The third-order valence-corrected chi connectivity index (χ3v) is 2.86. The van der Waals surface area contributed by atoms with Crippen molar-refractivity contribution in [3.8, 4) is 5.75 Å². The van der Waals surface area contributed by atoms with Crippen LogP contribution in [0.5, 0.6) is 5.75 Å². The maximum absolute atomic E-state index is 11.1. The molecule has 1 aromatic carbocycles. The quantitative estimate of drug-likeness (QED) is 0.862. The molecule has 1 N–H and O–H groups in total. The van der Waals surface area contributed by atoms with Crippen molar-refractivity contribution in [1.29, 1.82) is 0 Å².